The van der Waals surface area contributed by atoms with Crippen molar-refractivity contribution in [2.75, 3.05) is 0 Å². The number of fused-ring (bicyclic) bond motifs is 2. The van der Waals surface area contributed by atoms with Crippen molar-refractivity contribution in [2.45, 2.75) is 44.8 Å². The molecule has 2 aliphatic carbocycles. The van der Waals surface area contributed by atoms with E-state index in [1.807, 2.05) is 6.92 Å². The standard InChI is InChI=1S/C17H20F3NO/c1-10(14-9-11-6-7-12(14)8-11)21-16(22)13-4-2-3-5-15(13)17(18,19)20/h2-5,10-12,14H,6-9H2,1H3,(H,21,22)/t10-,11-,12-,14+/m0/s1. The van der Waals surface area contributed by atoms with Crippen molar-refractivity contribution in [1.82, 2.24) is 5.32 Å². The van der Waals surface area contributed by atoms with E-state index in [2.05, 4.69) is 5.32 Å². The van der Waals surface area contributed by atoms with Gasteiger partial charge in [-0.25, -0.2) is 0 Å². The summed E-state index contributed by atoms with van der Waals surface area (Å²) in [7, 11) is 0. The second-order valence-corrected chi connectivity index (χ2v) is 6.64. The van der Waals surface area contributed by atoms with Gasteiger partial charge in [-0.15, -0.1) is 0 Å². The van der Waals surface area contributed by atoms with Crippen molar-refractivity contribution in [2.24, 2.45) is 17.8 Å². The zero-order chi connectivity index (χ0) is 15.9. The summed E-state index contributed by atoms with van der Waals surface area (Å²) >= 11 is 0. The minimum Gasteiger partial charge on any atom is -0.349 e. The predicted octanol–water partition coefficient (Wildman–Crippen LogP) is 4.26. The number of alkyl halides is 3. The Hall–Kier alpha value is -1.52. The van der Waals surface area contributed by atoms with Crippen molar-refractivity contribution in [3.63, 3.8) is 0 Å². The maximum absolute atomic E-state index is 13.0. The van der Waals surface area contributed by atoms with Gasteiger partial charge in [0.25, 0.3) is 5.91 Å². The number of carbonyl (C=O) groups excluding carboxylic acids is 1. The molecule has 0 spiro atoms. The highest BCUT2D eigenvalue weighted by molar-refractivity contribution is 5.96. The molecule has 3 rings (SSSR count). The smallest absolute Gasteiger partial charge is 0.349 e. The molecule has 2 aliphatic rings. The SMILES string of the molecule is C[C@H](NC(=O)c1ccccc1C(F)(F)F)[C@H]1C[C@H]2CC[C@H]1C2. The highest BCUT2D eigenvalue weighted by Gasteiger charge is 2.42. The van der Waals surface area contributed by atoms with E-state index in [0.29, 0.717) is 11.8 Å². The van der Waals surface area contributed by atoms with Gasteiger partial charge in [0.05, 0.1) is 11.1 Å². The fourth-order valence-corrected chi connectivity index (χ4v) is 4.23. The number of nitrogens with one attached hydrogen (secondary N) is 1. The van der Waals surface area contributed by atoms with Gasteiger partial charge in [-0.3, -0.25) is 4.79 Å². The summed E-state index contributed by atoms with van der Waals surface area (Å²) in [4.78, 5) is 12.3. The summed E-state index contributed by atoms with van der Waals surface area (Å²) in [5, 5.41) is 2.80. The maximum atomic E-state index is 13.0. The Bertz CT molecular complexity index is 569. The number of rotatable bonds is 3. The molecular formula is C17H20F3NO. The van der Waals surface area contributed by atoms with Gasteiger partial charge in [-0.1, -0.05) is 18.6 Å². The van der Waals surface area contributed by atoms with E-state index in [4.69, 9.17) is 0 Å². The molecule has 1 N–H and O–H groups in total. The molecule has 0 saturated heterocycles. The van der Waals surface area contributed by atoms with Crippen LogP contribution in [0.15, 0.2) is 24.3 Å². The van der Waals surface area contributed by atoms with Crippen LogP contribution in [0.2, 0.25) is 0 Å². The average molecular weight is 311 g/mol. The third-order valence-corrected chi connectivity index (χ3v) is 5.27. The lowest BCUT2D eigenvalue weighted by atomic mass is 9.84. The molecule has 1 aromatic rings. The number of carbonyl (C=O) groups is 1. The third-order valence-electron chi connectivity index (χ3n) is 5.27. The zero-order valence-corrected chi connectivity index (χ0v) is 12.5. The number of halogens is 3. The highest BCUT2D eigenvalue weighted by atomic mass is 19.4. The van der Waals surface area contributed by atoms with E-state index < -0.39 is 17.6 Å². The lowest BCUT2D eigenvalue weighted by Crippen LogP contribution is -2.40. The molecule has 1 aromatic carbocycles. The molecule has 22 heavy (non-hydrogen) atoms. The molecule has 2 bridgehead atoms. The fraction of sp³-hybridized carbons (Fsp3) is 0.588. The number of hydrogen-bond acceptors (Lipinski definition) is 1. The van der Waals surface area contributed by atoms with Gasteiger partial charge in [0, 0.05) is 6.04 Å². The van der Waals surface area contributed by atoms with E-state index in [1.165, 1.54) is 37.5 Å². The minimum absolute atomic E-state index is 0.0795. The molecule has 2 fully saturated rings. The van der Waals surface area contributed by atoms with Crippen LogP contribution in [0.4, 0.5) is 13.2 Å². The van der Waals surface area contributed by atoms with Gasteiger partial charge in [0.1, 0.15) is 0 Å². The first-order valence-electron chi connectivity index (χ1n) is 7.83. The van der Waals surface area contributed by atoms with Crippen molar-refractivity contribution < 1.29 is 18.0 Å². The Balaban J connectivity index is 1.72. The molecule has 0 aliphatic heterocycles. The van der Waals surface area contributed by atoms with Crippen LogP contribution in [0.1, 0.15) is 48.5 Å². The van der Waals surface area contributed by atoms with Gasteiger partial charge in [-0.2, -0.15) is 13.2 Å². The van der Waals surface area contributed by atoms with Crippen LogP contribution < -0.4 is 5.32 Å². The van der Waals surface area contributed by atoms with E-state index >= 15 is 0 Å². The summed E-state index contributed by atoms with van der Waals surface area (Å²) in [5.41, 5.74) is -1.15. The molecule has 5 heteroatoms. The molecular weight excluding hydrogens is 291 g/mol. The van der Waals surface area contributed by atoms with E-state index in [1.54, 1.807) is 0 Å². The predicted molar refractivity (Wildman–Crippen MR) is 77.3 cm³/mol. The van der Waals surface area contributed by atoms with E-state index in [-0.39, 0.29) is 11.6 Å². The normalized spacial score (nSPS) is 28.6. The molecule has 2 nitrogen and oxygen atoms in total. The Morgan fingerprint density at radius 2 is 1.95 bits per heavy atom. The van der Waals surface area contributed by atoms with Crippen LogP contribution in [0.3, 0.4) is 0 Å². The first-order chi connectivity index (χ1) is 10.4. The summed E-state index contributed by atoms with van der Waals surface area (Å²) in [6.45, 7) is 1.92. The maximum Gasteiger partial charge on any atom is 0.417 e. The van der Waals surface area contributed by atoms with Gasteiger partial charge < -0.3 is 5.32 Å². The fourth-order valence-electron chi connectivity index (χ4n) is 4.23. The van der Waals surface area contributed by atoms with E-state index in [0.717, 1.165) is 18.4 Å². The molecule has 1 amide bonds. The number of benzene rings is 1. The second kappa shape index (κ2) is 5.60. The van der Waals surface area contributed by atoms with Gasteiger partial charge >= 0.3 is 6.18 Å². The summed E-state index contributed by atoms with van der Waals surface area (Å²) in [5.74, 6) is 1.15. The van der Waals surface area contributed by atoms with Gasteiger partial charge in [-0.05, 0) is 56.1 Å². The van der Waals surface area contributed by atoms with Crippen molar-refractivity contribution in [1.29, 1.82) is 0 Å². The van der Waals surface area contributed by atoms with Crippen LogP contribution in [0, 0.1) is 17.8 Å². The van der Waals surface area contributed by atoms with Gasteiger partial charge in [0.15, 0.2) is 0 Å². The minimum atomic E-state index is -4.51. The Kier molecular flexibility index (Phi) is 3.91. The Labute approximate surface area is 128 Å². The lowest BCUT2D eigenvalue weighted by Gasteiger charge is -2.28. The first kappa shape index (κ1) is 15.4. The highest BCUT2D eigenvalue weighted by Crippen LogP contribution is 2.49. The molecule has 120 valence electrons. The van der Waals surface area contributed by atoms with Crippen molar-refractivity contribution >= 4 is 5.91 Å². The average Bonchev–Trinajstić information content (AvgIpc) is 3.09. The Morgan fingerprint density at radius 3 is 2.55 bits per heavy atom. The van der Waals surface area contributed by atoms with Crippen LogP contribution in [-0.2, 0) is 6.18 Å². The molecule has 4 atom stereocenters. The number of hydrogen-bond donors (Lipinski definition) is 1. The largest absolute Gasteiger partial charge is 0.417 e. The van der Waals surface area contributed by atoms with Gasteiger partial charge in [0.2, 0.25) is 0 Å². The monoisotopic (exact) mass is 311 g/mol. The zero-order valence-electron chi connectivity index (χ0n) is 12.5. The summed E-state index contributed by atoms with van der Waals surface area (Å²) in [6.07, 6.45) is 0.244. The van der Waals surface area contributed by atoms with Crippen molar-refractivity contribution in [3.05, 3.63) is 35.4 Å². The number of amides is 1. The molecule has 0 radical (unpaired) electrons. The molecule has 0 aromatic heterocycles. The van der Waals surface area contributed by atoms with Crippen molar-refractivity contribution in [3.8, 4) is 0 Å². The molecule has 0 heterocycles. The van der Waals surface area contributed by atoms with E-state index in [9.17, 15) is 18.0 Å². The van der Waals surface area contributed by atoms with Crippen LogP contribution >= 0.6 is 0 Å². The lowest BCUT2D eigenvalue weighted by molar-refractivity contribution is -0.137. The molecule has 2 saturated carbocycles. The third kappa shape index (κ3) is 2.85. The molecule has 0 unspecified atom stereocenters. The quantitative estimate of drug-likeness (QED) is 0.888. The topological polar surface area (TPSA) is 29.1 Å². The second-order valence-electron chi connectivity index (χ2n) is 6.64. The first-order valence-corrected chi connectivity index (χ1v) is 7.83. The summed E-state index contributed by atoms with van der Waals surface area (Å²) in [6, 6.07) is 4.89. The van der Waals surface area contributed by atoms with Crippen LogP contribution in [0.5, 0.6) is 0 Å². The van der Waals surface area contributed by atoms with Crippen LogP contribution in [0.25, 0.3) is 0 Å². The summed E-state index contributed by atoms with van der Waals surface area (Å²) < 4.78 is 39.0. The van der Waals surface area contributed by atoms with Crippen LogP contribution in [-0.4, -0.2) is 11.9 Å². The Morgan fingerprint density at radius 1 is 1.23 bits per heavy atom.